The average Bonchev–Trinajstić information content (AvgIpc) is 2.67. The van der Waals surface area contributed by atoms with Gasteiger partial charge in [0.25, 0.3) is 5.91 Å². The van der Waals surface area contributed by atoms with E-state index in [0.717, 1.165) is 0 Å². The van der Waals surface area contributed by atoms with E-state index in [1.54, 1.807) is 42.2 Å². The molecular formula is C18H24N2O7S. The van der Waals surface area contributed by atoms with Crippen molar-refractivity contribution in [2.45, 2.75) is 6.92 Å². The first kappa shape index (κ1) is 21.8. The fourth-order valence-electron chi connectivity index (χ4n) is 2.62. The second kappa shape index (κ2) is 10.2. The van der Waals surface area contributed by atoms with Crippen LogP contribution in [0.15, 0.2) is 30.3 Å². The number of rotatable bonds is 8. The Bertz CT molecular complexity index is 781. The van der Waals surface area contributed by atoms with E-state index in [-0.39, 0.29) is 44.3 Å². The summed E-state index contributed by atoms with van der Waals surface area (Å²) in [5.41, 5.74) is 0.484. The highest BCUT2D eigenvalue weighted by molar-refractivity contribution is 7.91. The van der Waals surface area contributed by atoms with Crippen LogP contribution in [-0.4, -0.2) is 82.1 Å². The third kappa shape index (κ3) is 6.93. The van der Waals surface area contributed by atoms with Crippen LogP contribution in [0.25, 0.3) is 0 Å². The van der Waals surface area contributed by atoms with Gasteiger partial charge in [-0.15, -0.1) is 0 Å². The molecule has 0 unspecified atom stereocenters. The van der Waals surface area contributed by atoms with Crippen LogP contribution in [0.4, 0.5) is 5.69 Å². The van der Waals surface area contributed by atoms with E-state index < -0.39 is 34.3 Å². The van der Waals surface area contributed by atoms with E-state index in [1.807, 2.05) is 0 Å². The molecule has 28 heavy (non-hydrogen) atoms. The second-order valence-corrected chi connectivity index (χ2v) is 8.51. The predicted octanol–water partition coefficient (Wildman–Crippen LogP) is -0.144. The lowest BCUT2D eigenvalue weighted by Crippen LogP contribution is -2.44. The van der Waals surface area contributed by atoms with Crippen LogP contribution in [0.3, 0.4) is 0 Å². The Morgan fingerprint density at radius 3 is 2.29 bits per heavy atom. The summed E-state index contributed by atoms with van der Waals surface area (Å²) in [5.74, 6) is -1.76. The second-order valence-electron chi connectivity index (χ2n) is 6.21. The molecule has 1 fully saturated rings. The van der Waals surface area contributed by atoms with Gasteiger partial charge < -0.3 is 9.47 Å². The number of amides is 1. The number of benzene rings is 1. The summed E-state index contributed by atoms with van der Waals surface area (Å²) in [5, 5.41) is 0. The number of nitrogens with zero attached hydrogens (tertiary/aromatic N) is 2. The van der Waals surface area contributed by atoms with E-state index in [4.69, 9.17) is 9.47 Å². The van der Waals surface area contributed by atoms with Gasteiger partial charge in [0.2, 0.25) is 0 Å². The van der Waals surface area contributed by atoms with Gasteiger partial charge in [-0.3, -0.25) is 24.2 Å². The third-order valence-corrected chi connectivity index (χ3v) is 5.72. The summed E-state index contributed by atoms with van der Waals surface area (Å²) in [6.45, 7) is 1.45. The minimum absolute atomic E-state index is 0.000531. The number of ether oxygens (including phenoxy) is 2. The maximum Gasteiger partial charge on any atom is 0.326 e. The fraction of sp³-hybridized carbons (Fsp3) is 0.500. The quantitative estimate of drug-likeness (QED) is 0.543. The smallest absolute Gasteiger partial charge is 0.326 e. The zero-order chi connectivity index (χ0) is 20.6. The molecule has 2 rings (SSSR count). The van der Waals surface area contributed by atoms with Crippen LogP contribution in [0.2, 0.25) is 0 Å². The van der Waals surface area contributed by atoms with Crippen molar-refractivity contribution in [3.8, 4) is 0 Å². The van der Waals surface area contributed by atoms with Crippen molar-refractivity contribution in [1.82, 2.24) is 4.90 Å². The molecule has 0 spiro atoms. The van der Waals surface area contributed by atoms with Crippen molar-refractivity contribution in [2.24, 2.45) is 0 Å². The van der Waals surface area contributed by atoms with Crippen molar-refractivity contribution in [3.05, 3.63) is 30.3 Å². The summed E-state index contributed by atoms with van der Waals surface area (Å²) >= 11 is 0. The number of carbonyl (C=O) groups is 3. The summed E-state index contributed by atoms with van der Waals surface area (Å²) in [7, 11) is -3.03. The maximum absolute atomic E-state index is 12.5. The van der Waals surface area contributed by atoms with Crippen LogP contribution < -0.4 is 4.90 Å². The van der Waals surface area contributed by atoms with Crippen molar-refractivity contribution in [1.29, 1.82) is 0 Å². The van der Waals surface area contributed by atoms with Crippen LogP contribution in [0.1, 0.15) is 6.92 Å². The van der Waals surface area contributed by atoms with Crippen LogP contribution >= 0.6 is 0 Å². The van der Waals surface area contributed by atoms with E-state index in [9.17, 15) is 22.8 Å². The first-order valence-corrected chi connectivity index (χ1v) is 10.7. The molecule has 154 valence electrons. The third-order valence-electron chi connectivity index (χ3n) is 4.11. The normalized spacial score (nSPS) is 16.2. The molecule has 0 atom stereocenters. The molecule has 0 radical (unpaired) electrons. The van der Waals surface area contributed by atoms with Crippen molar-refractivity contribution >= 4 is 33.4 Å². The lowest BCUT2D eigenvalue weighted by Gasteiger charge is -2.25. The van der Waals surface area contributed by atoms with Gasteiger partial charge in [0, 0.05) is 18.8 Å². The van der Waals surface area contributed by atoms with Gasteiger partial charge in [0.15, 0.2) is 16.4 Å². The van der Waals surface area contributed by atoms with Gasteiger partial charge in [-0.25, -0.2) is 8.42 Å². The zero-order valence-corrected chi connectivity index (χ0v) is 16.5. The molecule has 0 bridgehead atoms. The standard InChI is InChI=1S/C18H24N2O7S/c1-2-26-18(23)13-20(15-6-4-3-5-7-15)16(21)14-27-17(22)12-19-8-10-28(24,25)11-9-19/h3-7H,2,8-14H2,1H3. The minimum atomic E-state index is -3.03. The molecule has 9 nitrogen and oxygen atoms in total. The Morgan fingerprint density at radius 1 is 1.04 bits per heavy atom. The van der Waals surface area contributed by atoms with E-state index in [0.29, 0.717) is 5.69 Å². The summed E-state index contributed by atoms with van der Waals surface area (Å²) in [6.07, 6.45) is 0. The molecule has 0 aliphatic carbocycles. The number of esters is 2. The molecule has 1 aliphatic rings. The van der Waals surface area contributed by atoms with Crippen molar-refractivity contribution in [2.75, 3.05) is 55.8 Å². The van der Waals surface area contributed by atoms with E-state index in [2.05, 4.69) is 0 Å². The highest BCUT2D eigenvalue weighted by Gasteiger charge is 2.25. The Hall–Kier alpha value is -2.46. The molecular weight excluding hydrogens is 388 g/mol. The molecule has 1 aromatic rings. The predicted molar refractivity (Wildman–Crippen MR) is 101 cm³/mol. The topological polar surface area (TPSA) is 110 Å². The van der Waals surface area contributed by atoms with Crippen molar-refractivity contribution < 1.29 is 32.3 Å². The zero-order valence-electron chi connectivity index (χ0n) is 15.7. The van der Waals surface area contributed by atoms with Crippen LogP contribution in [0.5, 0.6) is 0 Å². The molecule has 0 N–H and O–H groups in total. The van der Waals surface area contributed by atoms with Gasteiger partial charge in [-0.05, 0) is 19.1 Å². The molecule has 10 heteroatoms. The highest BCUT2D eigenvalue weighted by atomic mass is 32.2. The molecule has 1 aliphatic heterocycles. The number of anilines is 1. The molecule has 1 saturated heterocycles. The first-order chi connectivity index (χ1) is 13.3. The lowest BCUT2D eigenvalue weighted by molar-refractivity contribution is -0.149. The molecule has 1 heterocycles. The average molecular weight is 412 g/mol. The monoisotopic (exact) mass is 412 g/mol. The first-order valence-electron chi connectivity index (χ1n) is 8.90. The number of hydrogen-bond donors (Lipinski definition) is 0. The Morgan fingerprint density at radius 2 is 1.68 bits per heavy atom. The number of para-hydroxylation sites is 1. The van der Waals surface area contributed by atoms with Crippen LogP contribution in [0, 0.1) is 0 Å². The van der Waals surface area contributed by atoms with E-state index in [1.165, 1.54) is 4.90 Å². The van der Waals surface area contributed by atoms with Gasteiger partial charge in [-0.2, -0.15) is 0 Å². The fourth-order valence-corrected chi connectivity index (χ4v) is 3.90. The summed E-state index contributed by atoms with van der Waals surface area (Å²) in [6, 6.07) is 8.53. The van der Waals surface area contributed by atoms with E-state index >= 15 is 0 Å². The SMILES string of the molecule is CCOC(=O)CN(C(=O)COC(=O)CN1CCS(=O)(=O)CC1)c1ccccc1. The molecule has 1 amide bonds. The molecule has 1 aromatic carbocycles. The molecule has 0 saturated carbocycles. The number of sulfone groups is 1. The largest absolute Gasteiger partial charge is 0.465 e. The summed E-state index contributed by atoms with van der Waals surface area (Å²) in [4.78, 5) is 39.2. The molecule has 0 aromatic heterocycles. The van der Waals surface area contributed by atoms with Gasteiger partial charge in [0.05, 0.1) is 24.7 Å². The van der Waals surface area contributed by atoms with Gasteiger partial charge >= 0.3 is 11.9 Å². The maximum atomic E-state index is 12.5. The number of carbonyl (C=O) groups excluding carboxylic acids is 3. The Labute approximate surface area is 164 Å². The Balaban J connectivity index is 1.90. The Kier molecular flexibility index (Phi) is 7.94. The minimum Gasteiger partial charge on any atom is -0.465 e. The van der Waals surface area contributed by atoms with Gasteiger partial charge in [0.1, 0.15) is 6.54 Å². The summed E-state index contributed by atoms with van der Waals surface area (Å²) < 4.78 is 32.7. The van der Waals surface area contributed by atoms with Crippen molar-refractivity contribution in [3.63, 3.8) is 0 Å². The number of hydrogen-bond acceptors (Lipinski definition) is 8. The van der Waals surface area contributed by atoms with Gasteiger partial charge in [-0.1, -0.05) is 18.2 Å². The van der Waals surface area contributed by atoms with Crippen LogP contribution in [-0.2, 0) is 33.7 Å². The lowest BCUT2D eigenvalue weighted by atomic mass is 10.3. The highest BCUT2D eigenvalue weighted by Crippen LogP contribution is 2.14.